The van der Waals surface area contributed by atoms with Crippen LogP contribution in [0.25, 0.3) is 0 Å². The smallest absolute Gasteiger partial charge is 0.317 e. The van der Waals surface area contributed by atoms with E-state index in [9.17, 15) is 4.79 Å². The Labute approximate surface area is 179 Å². The number of amides is 2. The number of para-hydroxylation sites is 2. The lowest BCUT2D eigenvalue weighted by Gasteiger charge is -2.37. The first-order chi connectivity index (χ1) is 14.5. The standard InChI is InChI=1S/C24H33N3O3/c1-5-29-23-12-7-6-11-22(23)26-13-15-27(16-14-26)24(28)25-19(4)20-9-8-10-21(17-20)30-18(2)3/h6-12,17-19H,5,13-16H2,1-4H3,(H,25,28). The second-order valence-electron chi connectivity index (χ2n) is 7.79. The van der Waals surface area contributed by atoms with E-state index in [2.05, 4.69) is 16.3 Å². The molecule has 30 heavy (non-hydrogen) atoms. The molecule has 0 spiro atoms. The van der Waals surface area contributed by atoms with Crippen LogP contribution in [0.3, 0.4) is 0 Å². The zero-order valence-corrected chi connectivity index (χ0v) is 18.4. The van der Waals surface area contributed by atoms with Crippen LogP contribution in [0.2, 0.25) is 0 Å². The fourth-order valence-electron chi connectivity index (χ4n) is 3.64. The van der Waals surface area contributed by atoms with Crippen LogP contribution in [0.4, 0.5) is 10.5 Å². The third-order valence-electron chi connectivity index (χ3n) is 5.14. The first-order valence-electron chi connectivity index (χ1n) is 10.8. The van der Waals surface area contributed by atoms with Gasteiger partial charge in [0.25, 0.3) is 0 Å². The first kappa shape index (κ1) is 21.8. The molecule has 0 aliphatic carbocycles. The molecule has 3 rings (SSSR count). The van der Waals surface area contributed by atoms with E-state index in [1.165, 1.54) is 0 Å². The van der Waals surface area contributed by atoms with Gasteiger partial charge in [0.2, 0.25) is 0 Å². The summed E-state index contributed by atoms with van der Waals surface area (Å²) in [6.07, 6.45) is 0.120. The molecule has 2 aromatic rings. The second kappa shape index (κ2) is 10.2. The molecular formula is C24H33N3O3. The van der Waals surface area contributed by atoms with E-state index in [4.69, 9.17) is 9.47 Å². The number of anilines is 1. The highest BCUT2D eigenvalue weighted by atomic mass is 16.5. The Bertz CT molecular complexity index is 832. The van der Waals surface area contributed by atoms with Crippen molar-refractivity contribution in [2.45, 2.75) is 39.8 Å². The Hall–Kier alpha value is -2.89. The average molecular weight is 412 g/mol. The van der Waals surface area contributed by atoms with Crippen LogP contribution in [0, 0.1) is 0 Å². The molecule has 162 valence electrons. The van der Waals surface area contributed by atoms with E-state index in [1.54, 1.807) is 0 Å². The summed E-state index contributed by atoms with van der Waals surface area (Å²) in [4.78, 5) is 17.0. The lowest BCUT2D eigenvalue weighted by molar-refractivity contribution is 0.191. The van der Waals surface area contributed by atoms with Crippen molar-refractivity contribution in [1.82, 2.24) is 10.2 Å². The fraction of sp³-hybridized carbons (Fsp3) is 0.458. The van der Waals surface area contributed by atoms with E-state index < -0.39 is 0 Å². The normalized spacial score (nSPS) is 15.1. The second-order valence-corrected chi connectivity index (χ2v) is 7.79. The number of nitrogens with zero attached hydrogens (tertiary/aromatic N) is 2. The molecule has 1 atom stereocenters. The van der Waals surface area contributed by atoms with Crippen LogP contribution in [-0.2, 0) is 0 Å². The Balaban J connectivity index is 1.56. The van der Waals surface area contributed by atoms with Crippen LogP contribution >= 0.6 is 0 Å². The molecule has 2 aromatic carbocycles. The highest BCUT2D eigenvalue weighted by Crippen LogP contribution is 2.29. The van der Waals surface area contributed by atoms with Gasteiger partial charge in [-0.25, -0.2) is 4.79 Å². The van der Waals surface area contributed by atoms with Crippen molar-refractivity contribution in [3.05, 3.63) is 54.1 Å². The van der Waals surface area contributed by atoms with E-state index >= 15 is 0 Å². The maximum absolute atomic E-state index is 12.8. The summed E-state index contributed by atoms with van der Waals surface area (Å²) in [5.74, 6) is 1.72. The minimum Gasteiger partial charge on any atom is -0.492 e. The molecule has 1 N–H and O–H groups in total. The maximum atomic E-state index is 12.8. The fourth-order valence-corrected chi connectivity index (χ4v) is 3.64. The molecule has 1 unspecified atom stereocenters. The number of urea groups is 1. The van der Waals surface area contributed by atoms with Crippen molar-refractivity contribution in [1.29, 1.82) is 0 Å². The van der Waals surface area contributed by atoms with Gasteiger partial charge in [0.05, 0.1) is 24.4 Å². The zero-order chi connectivity index (χ0) is 21.5. The summed E-state index contributed by atoms with van der Waals surface area (Å²) in [5, 5.41) is 3.12. The van der Waals surface area contributed by atoms with Crippen LogP contribution in [-0.4, -0.2) is 49.8 Å². The molecule has 0 radical (unpaired) electrons. The van der Waals surface area contributed by atoms with E-state index in [0.29, 0.717) is 19.7 Å². The molecule has 1 fully saturated rings. The highest BCUT2D eigenvalue weighted by Gasteiger charge is 2.24. The molecule has 0 saturated carbocycles. The molecule has 1 aliphatic rings. The number of hydrogen-bond donors (Lipinski definition) is 1. The number of rotatable bonds is 7. The van der Waals surface area contributed by atoms with Crippen molar-refractivity contribution in [2.24, 2.45) is 0 Å². The van der Waals surface area contributed by atoms with Crippen molar-refractivity contribution in [2.75, 3.05) is 37.7 Å². The Morgan fingerprint density at radius 3 is 2.47 bits per heavy atom. The average Bonchev–Trinajstić information content (AvgIpc) is 2.74. The molecule has 0 bridgehead atoms. The molecule has 0 aromatic heterocycles. The minimum absolute atomic E-state index is 0.0320. The predicted molar refractivity (Wildman–Crippen MR) is 121 cm³/mol. The summed E-state index contributed by atoms with van der Waals surface area (Å²) in [6.45, 7) is 11.6. The lowest BCUT2D eigenvalue weighted by Crippen LogP contribution is -2.52. The van der Waals surface area contributed by atoms with Gasteiger partial charge in [-0.05, 0) is 57.5 Å². The quantitative estimate of drug-likeness (QED) is 0.731. The van der Waals surface area contributed by atoms with E-state index in [0.717, 1.165) is 35.8 Å². The molecule has 1 aliphatic heterocycles. The van der Waals surface area contributed by atoms with Gasteiger partial charge in [-0.2, -0.15) is 0 Å². The van der Waals surface area contributed by atoms with Crippen LogP contribution in [0.1, 0.15) is 39.3 Å². The lowest BCUT2D eigenvalue weighted by atomic mass is 10.1. The van der Waals surface area contributed by atoms with E-state index in [1.807, 2.05) is 75.1 Å². The largest absolute Gasteiger partial charge is 0.492 e. The Morgan fingerprint density at radius 2 is 1.77 bits per heavy atom. The number of hydrogen-bond acceptors (Lipinski definition) is 4. The monoisotopic (exact) mass is 411 g/mol. The van der Waals surface area contributed by atoms with Crippen molar-refractivity contribution < 1.29 is 14.3 Å². The molecule has 2 amide bonds. The summed E-state index contributed by atoms with van der Waals surface area (Å²) in [7, 11) is 0. The summed E-state index contributed by atoms with van der Waals surface area (Å²) in [5.41, 5.74) is 2.13. The van der Waals surface area contributed by atoms with Gasteiger partial charge in [-0.1, -0.05) is 24.3 Å². The SMILES string of the molecule is CCOc1ccccc1N1CCN(C(=O)NC(C)c2cccc(OC(C)C)c2)CC1. The molecule has 1 heterocycles. The molecule has 1 saturated heterocycles. The number of carbonyl (C=O) groups is 1. The van der Waals surface area contributed by atoms with Crippen molar-refractivity contribution >= 4 is 11.7 Å². The van der Waals surface area contributed by atoms with Gasteiger partial charge < -0.3 is 24.6 Å². The third-order valence-corrected chi connectivity index (χ3v) is 5.14. The number of benzene rings is 2. The number of nitrogens with one attached hydrogen (secondary N) is 1. The molecule has 6 heteroatoms. The number of ether oxygens (including phenoxy) is 2. The molecular weight excluding hydrogens is 378 g/mol. The van der Waals surface area contributed by atoms with Gasteiger partial charge >= 0.3 is 6.03 Å². The van der Waals surface area contributed by atoms with Crippen LogP contribution in [0.5, 0.6) is 11.5 Å². The van der Waals surface area contributed by atoms with Gasteiger partial charge in [-0.3, -0.25) is 0 Å². The zero-order valence-electron chi connectivity index (χ0n) is 18.4. The van der Waals surface area contributed by atoms with Crippen molar-refractivity contribution in [3.8, 4) is 11.5 Å². The summed E-state index contributed by atoms with van der Waals surface area (Å²) in [6, 6.07) is 15.9. The topological polar surface area (TPSA) is 54.0 Å². The third kappa shape index (κ3) is 5.59. The van der Waals surface area contributed by atoms with E-state index in [-0.39, 0.29) is 18.2 Å². The number of carbonyl (C=O) groups excluding carboxylic acids is 1. The Kier molecular flexibility index (Phi) is 7.44. The highest BCUT2D eigenvalue weighted by molar-refractivity contribution is 5.75. The van der Waals surface area contributed by atoms with Gasteiger partial charge in [0.1, 0.15) is 11.5 Å². The number of piperazine rings is 1. The molecule has 6 nitrogen and oxygen atoms in total. The van der Waals surface area contributed by atoms with Gasteiger partial charge in [0, 0.05) is 26.2 Å². The summed E-state index contributed by atoms with van der Waals surface area (Å²) < 4.78 is 11.5. The maximum Gasteiger partial charge on any atom is 0.317 e. The van der Waals surface area contributed by atoms with Gasteiger partial charge in [-0.15, -0.1) is 0 Å². The van der Waals surface area contributed by atoms with Gasteiger partial charge in [0.15, 0.2) is 0 Å². The Morgan fingerprint density at radius 1 is 1.03 bits per heavy atom. The van der Waals surface area contributed by atoms with Crippen LogP contribution < -0.4 is 19.7 Å². The van der Waals surface area contributed by atoms with Crippen LogP contribution in [0.15, 0.2) is 48.5 Å². The minimum atomic E-state index is -0.0927. The summed E-state index contributed by atoms with van der Waals surface area (Å²) >= 11 is 0. The predicted octanol–water partition coefficient (Wildman–Crippen LogP) is 4.47. The van der Waals surface area contributed by atoms with Crippen molar-refractivity contribution in [3.63, 3.8) is 0 Å². The first-order valence-corrected chi connectivity index (χ1v) is 10.8.